The highest BCUT2D eigenvalue weighted by Gasteiger charge is 2.30. The third-order valence-corrected chi connectivity index (χ3v) is 2.44. The fourth-order valence-electron chi connectivity index (χ4n) is 1.51. The lowest BCUT2D eigenvalue weighted by Crippen LogP contribution is -2.34. The van der Waals surface area contributed by atoms with Gasteiger partial charge in [0.15, 0.2) is 0 Å². The van der Waals surface area contributed by atoms with Crippen molar-refractivity contribution in [2.24, 2.45) is 5.73 Å². The highest BCUT2D eigenvalue weighted by molar-refractivity contribution is 5.84. The van der Waals surface area contributed by atoms with Gasteiger partial charge in [0, 0.05) is 11.5 Å². The van der Waals surface area contributed by atoms with E-state index in [1.54, 1.807) is 6.20 Å². The summed E-state index contributed by atoms with van der Waals surface area (Å²) >= 11 is 0. The lowest BCUT2D eigenvalue weighted by atomic mass is 10.1. The summed E-state index contributed by atoms with van der Waals surface area (Å²) in [5.41, 5.74) is 5.71. The van der Waals surface area contributed by atoms with Crippen LogP contribution in [-0.2, 0) is 16.0 Å². The van der Waals surface area contributed by atoms with Crippen LogP contribution in [0, 0.1) is 0 Å². The number of nitrogens with two attached hydrogens (primary N) is 1. The molecule has 2 rings (SSSR count). The summed E-state index contributed by atoms with van der Waals surface area (Å²) in [7, 11) is 0. The van der Waals surface area contributed by atoms with Crippen LogP contribution in [0.5, 0.6) is 0 Å². The van der Waals surface area contributed by atoms with Gasteiger partial charge in [0.1, 0.15) is 5.76 Å². The minimum Gasteiger partial charge on any atom is -0.368 e. The monoisotopic (exact) mass is 223 g/mol. The highest BCUT2D eigenvalue weighted by Crippen LogP contribution is 2.41. The molecule has 1 aromatic rings. The minimum absolute atomic E-state index is 0.136. The van der Waals surface area contributed by atoms with Crippen molar-refractivity contribution >= 4 is 11.8 Å². The summed E-state index contributed by atoms with van der Waals surface area (Å²) in [6, 6.07) is 0. The Balaban J connectivity index is 1.90. The van der Waals surface area contributed by atoms with Crippen LogP contribution in [0.3, 0.4) is 0 Å². The van der Waals surface area contributed by atoms with Gasteiger partial charge in [-0.3, -0.25) is 9.59 Å². The maximum absolute atomic E-state index is 11.4. The van der Waals surface area contributed by atoms with Crippen molar-refractivity contribution < 1.29 is 14.1 Å². The minimum atomic E-state index is -0.555. The van der Waals surface area contributed by atoms with Crippen molar-refractivity contribution in [3.63, 3.8) is 0 Å². The molecular weight excluding hydrogens is 210 g/mol. The normalized spacial score (nSPS) is 14.8. The van der Waals surface area contributed by atoms with Crippen molar-refractivity contribution in [3.8, 4) is 0 Å². The van der Waals surface area contributed by atoms with Gasteiger partial charge < -0.3 is 15.6 Å². The van der Waals surface area contributed by atoms with Gasteiger partial charge >= 0.3 is 0 Å². The molecule has 6 nitrogen and oxygen atoms in total. The van der Waals surface area contributed by atoms with Gasteiger partial charge in [-0.15, -0.1) is 0 Å². The Morgan fingerprint density at radius 3 is 2.94 bits per heavy atom. The summed E-state index contributed by atoms with van der Waals surface area (Å²) in [6.45, 7) is -0.136. The number of rotatable bonds is 5. The van der Waals surface area contributed by atoms with E-state index in [4.69, 9.17) is 10.3 Å². The van der Waals surface area contributed by atoms with E-state index in [9.17, 15) is 9.59 Å². The molecule has 0 unspecified atom stereocenters. The Bertz CT molecular complexity index is 409. The van der Waals surface area contributed by atoms with Gasteiger partial charge in [-0.05, 0) is 12.8 Å². The predicted octanol–water partition coefficient (Wildman–Crippen LogP) is -0.304. The first-order valence-electron chi connectivity index (χ1n) is 5.15. The molecule has 0 saturated heterocycles. The van der Waals surface area contributed by atoms with Gasteiger partial charge in [-0.25, -0.2) is 0 Å². The molecule has 2 amide bonds. The molecule has 1 aliphatic carbocycles. The zero-order valence-corrected chi connectivity index (χ0v) is 8.73. The molecule has 1 saturated carbocycles. The van der Waals surface area contributed by atoms with Crippen molar-refractivity contribution in [2.75, 3.05) is 6.54 Å². The number of carbonyl (C=O) groups is 2. The quantitative estimate of drug-likeness (QED) is 0.715. The summed E-state index contributed by atoms with van der Waals surface area (Å²) in [5.74, 6) is 0.417. The molecule has 1 heterocycles. The predicted molar refractivity (Wildman–Crippen MR) is 54.4 cm³/mol. The maximum atomic E-state index is 11.4. The van der Waals surface area contributed by atoms with Gasteiger partial charge in [-0.1, -0.05) is 5.16 Å². The number of nitrogens with zero attached hydrogens (tertiary/aromatic N) is 1. The van der Waals surface area contributed by atoms with Crippen LogP contribution in [0.4, 0.5) is 0 Å². The Morgan fingerprint density at radius 2 is 2.31 bits per heavy atom. The molecule has 16 heavy (non-hydrogen) atoms. The zero-order chi connectivity index (χ0) is 11.5. The van der Waals surface area contributed by atoms with E-state index in [1.807, 2.05) is 0 Å². The summed E-state index contributed by atoms with van der Waals surface area (Å²) < 4.78 is 5.09. The van der Waals surface area contributed by atoms with E-state index >= 15 is 0 Å². The molecule has 3 N–H and O–H groups in total. The third kappa shape index (κ3) is 2.59. The van der Waals surface area contributed by atoms with E-state index in [-0.39, 0.29) is 18.9 Å². The van der Waals surface area contributed by atoms with Crippen LogP contribution in [0.2, 0.25) is 0 Å². The molecule has 1 aromatic heterocycles. The van der Waals surface area contributed by atoms with Crippen molar-refractivity contribution in [3.05, 3.63) is 17.5 Å². The van der Waals surface area contributed by atoms with Gasteiger partial charge in [-0.2, -0.15) is 0 Å². The van der Waals surface area contributed by atoms with E-state index in [0.29, 0.717) is 5.92 Å². The van der Waals surface area contributed by atoms with Crippen LogP contribution in [0.1, 0.15) is 30.1 Å². The first-order valence-corrected chi connectivity index (χ1v) is 5.15. The summed E-state index contributed by atoms with van der Waals surface area (Å²) in [6.07, 6.45) is 3.91. The van der Waals surface area contributed by atoms with Crippen LogP contribution < -0.4 is 11.1 Å². The van der Waals surface area contributed by atoms with Gasteiger partial charge in [0.05, 0.1) is 19.2 Å². The lowest BCUT2D eigenvalue weighted by molar-refractivity contribution is -0.124. The average molecular weight is 223 g/mol. The molecule has 1 aliphatic rings. The number of nitrogens with one attached hydrogen (secondary N) is 1. The summed E-state index contributed by atoms with van der Waals surface area (Å²) in [4.78, 5) is 21.9. The number of amides is 2. The SMILES string of the molecule is NC(=O)CNC(=O)Cc1cnoc1C1CC1. The Morgan fingerprint density at radius 1 is 1.56 bits per heavy atom. The van der Waals surface area contributed by atoms with Crippen molar-refractivity contribution in [1.29, 1.82) is 0 Å². The highest BCUT2D eigenvalue weighted by atomic mass is 16.5. The Hall–Kier alpha value is -1.85. The Labute approximate surface area is 92.2 Å². The van der Waals surface area contributed by atoms with Crippen LogP contribution in [-0.4, -0.2) is 23.5 Å². The van der Waals surface area contributed by atoms with Gasteiger partial charge in [0.25, 0.3) is 0 Å². The fraction of sp³-hybridized carbons (Fsp3) is 0.500. The number of aromatic nitrogens is 1. The largest absolute Gasteiger partial charge is 0.368 e. The molecule has 0 atom stereocenters. The number of carbonyl (C=O) groups excluding carboxylic acids is 2. The van der Waals surface area contributed by atoms with Crippen LogP contribution in [0.25, 0.3) is 0 Å². The van der Waals surface area contributed by atoms with Crippen LogP contribution in [0.15, 0.2) is 10.7 Å². The smallest absolute Gasteiger partial charge is 0.236 e. The third-order valence-electron chi connectivity index (χ3n) is 2.44. The summed E-state index contributed by atoms with van der Waals surface area (Å²) in [5, 5.41) is 6.11. The van der Waals surface area contributed by atoms with E-state index in [2.05, 4.69) is 10.5 Å². The fourth-order valence-corrected chi connectivity index (χ4v) is 1.51. The van der Waals surface area contributed by atoms with E-state index < -0.39 is 5.91 Å². The molecule has 0 aliphatic heterocycles. The zero-order valence-electron chi connectivity index (χ0n) is 8.73. The molecule has 0 aromatic carbocycles. The lowest BCUT2D eigenvalue weighted by Gasteiger charge is -2.01. The molecule has 86 valence electrons. The molecular formula is C10H13N3O3. The molecule has 0 spiro atoms. The van der Waals surface area contributed by atoms with Crippen LogP contribution >= 0.6 is 0 Å². The second-order valence-electron chi connectivity index (χ2n) is 3.91. The topological polar surface area (TPSA) is 98.2 Å². The van der Waals surface area contributed by atoms with E-state index in [0.717, 1.165) is 24.2 Å². The van der Waals surface area contributed by atoms with E-state index in [1.165, 1.54) is 0 Å². The van der Waals surface area contributed by atoms with Crippen molar-refractivity contribution in [2.45, 2.75) is 25.2 Å². The number of primary amides is 1. The molecule has 0 bridgehead atoms. The molecule has 0 radical (unpaired) electrons. The number of hydrogen-bond acceptors (Lipinski definition) is 4. The second kappa shape index (κ2) is 4.34. The molecule has 6 heteroatoms. The Kier molecular flexibility index (Phi) is 2.89. The van der Waals surface area contributed by atoms with Crippen molar-refractivity contribution in [1.82, 2.24) is 10.5 Å². The van der Waals surface area contributed by atoms with Gasteiger partial charge in [0.2, 0.25) is 11.8 Å². The maximum Gasteiger partial charge on any atom is 0.236 e. The average Bonchev–Trinajstić information content (AvgIpc) is 2.97. The standard InChI is InChI=1S/C10H13N3O3/c11-8(14)5-12-9(15)3-7-4-13-16-10(7)6-1-2-6/h4,6H,1-3,5H2,(H2,11,14)(H,12,15). The molecule has 1 fully saturated rings. The first kappa shape index (κ1) is 10.7. The first-order chi connectivity index (χ1) is 7.66. The number of hydrogen-bond donors (Lipinski definition) is 2. The second-order valence-corrected chi connectivity index (χ2v) is 3.91.